The third-order valence-electron chi connectivity index (χ3n) is 4.99. The fraction of sp³-hybridized carbons (Fsp3) is 0.364. The van der Waals surface area contributed by atoms with Crippen LogP contribution < -0.4 is 15.0 Å². The number of hydrogen-bond acceptors (Lipinski definition) is 5. The summed E-state index contributed by atoms with van der Waals surface area (Å²) in [6, 6.07) is 16.7. The SMILES string of the molecule is CCN1CCN(c2ccccc2NC(=O)[C@@H](C)Oc2ccc(C#N)cc2)CC1. The maximum atomic E-state index is 12.7. The summed E-state index contributed by atoms with van der Waals surface area (Å²) >= 11 is 0. The van der Waals surface area contributed by atoms with Gasteiger partial charge >= 0.3 is 0 Å². The lowest BCUT2D eigenvalue weighted by Gasteiger charge is -2.36. The van der Waals surface area contributed by atoms with E-state index in [9.17, 15) is 4.79 Å². The normalized spacial score (nSPS) is 15.5. The highest BCUT2D eigenvalue weighted by atomic mass is 16.5. The zero-order valence-corrected chi connectivity index (χ0v) is 16.4. The minimum Gasteiger partial charge on any atom is -0.481 e. The molecule has 0 spiro atoms. The van der Waals surface area contributed by atoms with E-state index in [-0.39, 0.29) is 5.91 Å². The van der Waals surface area contributed by atoms with Gasteiger partial charge in [-0.2, -0.15) is 5.26 Å². The smallest absolute Gasteiger partial charge is 0.265 e. The molecule has 1 fully saturated rings. The van der Waals surface area contributed by atoms with Crippen LogP contribution >= 0.6 is 0 Å². The Morgan fingerprint density at radius 1 is 1.14 bits per heavy atom. The van der Waals surface area contributed by atoms with Crippen molar-refractivity contribution in [2.45, 2.75) is 20.0 Å². The summed E-state index contributed by atoms with van der Waals surface area (Å²) in [6.07, 6.45) is -0.655. The number of nitrogens with one attached hydrogen (secondary N) is 1. The summed E-state index contributed by atoms with van der Waals surface area (Å²) in [6.45, 7) is 8.90. The van der Waals surface area contributed by atoms with Crippen LogP contribution in [0.2, 0.25) is 0 Å². The van der Waals surface area contributed by atoms with Crippen LogP contribution in [0.25, 0.3) is 0 Å². The van der Waals surface area contributed by atoms with Gasteiger partial charge in [-0.3, -0.25) is 4.79 Å². The van der Waals surface area contributed by atoms with Crippen LogP contribution in [0, 0.1) is 11.3 Å². The monoisotopic (exact) mass is 378 g/mol. The Labute approximate surface area is 166 Å². The van der Waals surface area contributed by atoms with Crippen LogP contribution in [-0.2, 0) is 4.79 Å². The van der Waals surface area contributed by atoms with Crippen LogP contribution in [0.1, 0.15) is 19.4 Å². The molecule has 2 aromatic carbocycles. The summed E-state index contributed by atoms with van der Waals surface area (Å²) in [7, 11) is 0. The van der Waals surface area contributed by atoms with Gasteiger partial charge in [0.2, 0.25) is 0 Å². The molecule has 1 atom stereocenters. The molecule has 1 aliphatic heterocycles. The molecule has 0 saturated carbocycles. The van der Waals surface area contributed by atoms with Crippen molar-refractivity contribution in [3.8, 4) is 11.8 Å². The van der Waals surface area contributed by atoms with Crippen molar-refractivity contribution < 1.29 is 9.53 Å². The van der Waals surface area contributed by atoms with Crippen LogP contribution in [0.15, 0.2) is 48.5 Å². The zero-order chi connectivity index (χ0) is 19.9. The first-order valence-electron chi connectivity index (χ1n) is 9.64. The number of benzene rings is 2. The van der Waals surface area contributed by atoms with Crippen LogP contribution in [0.4, 0.5) is 11.4 Å². The van der Waals surface area contributed by atoms with Crippen molar-refractivity contribution in [1.82, 2.24) is 4.90 Å². The molecular weight excluding hydrogens is 352 g/mol. The molecule has 0 bridgehead atoms. The van der Waals surface area contributed by atoms with E-state index in [0.717, 1.165) is 44.1 Å². The maximum absolute atomic E-state index is 12.7. The molecule has 1 amide bonds. The van der Waals surface area contributed by atoms with E-state index in [4.69, 9.17) is 10.00 Å². The van der Waals surface area contributed by atoms with Gasteiger partial charge < -0.3 is 19.9 Å². The zero-order valence-electron chi connectivity index (χ0n) is 16.4. The van der Waals surface area contributed by atoms with E-state index < -0.39 is 6.10 Å². The summed E-state index contributed by atoms with van der Waals surface area (Å²) in [5, 5.41) is 11.9. The molecule has 1 aliphatic rings. The van der Waals surface area contributed by atoms with Gasteiger partial charge in [-0.05, 0) is 49.9 Å². The highest BCUT2D eigenvalue weighted by Gasteiger charge is 2.21. The van der Waals surface area contributed by atoms with Crippen molar-refractivity contribution in [1.29, 1.82) is 5.26 Å². The highest BCUT2D eigenvalue weighted by Crippen LogP contribution is 2.27. The fourth-order valence-electron chi connectivity index (χ4n) is 3.26. The second-order valence-electron chi connectivity index (χ2n) is 6.82. The molecule has 3 rings (SSSR count). The average Bonchev–Trinajstić information content (AvgIpc) is 2.74. The molecule has 1 heterocycles. The van der Waals surface area contributed by atoms with Crippen LogP contribution in [0.3, 0.4) is 0 Å². The van der Waals surface area contributed by atoms with Gasteiger partial charge in [0, 0.05) is 26.2 Å². The molecule has 6 nitrogen and oxygen atoms in total. The quantitative estimate of drug-likeness (QED) is 0.836. The molecular formula is C22H26N4O2. The molecule has 0 aliphatic carbocycles. The fourth-order valence-corrected chi connectivity index (χ4v) is 3.26. The molecule has 0 unspecified atom stereocenters. The van der Waals surface area contributed by atoms with E-state index in [1.165, 1.54) is 0 Å². The maximum Gasteiger partial charge on any atom is 0.265 e. The Kier molecular flexibility index (Phi) is 6.51. The Balaban J connectivity index is 1.64. The van der Waals surface area contributed by atoms with Gasteiger partial charge in [0.1, 0.15) is 5.75 Å². The van der Waals surface area contributed by atoms with E-state index in [2.05, 4.69) is 28.1 Å². The Bertz CT molecular complexity index is 836. The topological polar surface area (TPSA) is 68.6 Å². The Hall–Kier alpha value is -3.04. The molecule has 28 heavy (non-hydrogen) atoms. The van der Waals surface area contributed by atoms with Gasteiger partial charge in [-0.15, -0.1) is 0 Å². The van der Waals surface area contributed by atoms with Gasteiger partial charge in [0.15, 0.2) is 6.10 Å². The van der Waals surface area contributed by atoms with E-state index >= 15 is 0 Å². The van der Waals surface area contributed by atoms with Crippen molar-refractivity contribution in [3.05, 3.63) is 54.1 Å². The molecule has 6 heteroatoms. The first-order valence-corrected chi connectivity index (χ1v) is 9.64. The highest BCUT2D eigenvalue weighted by molar-refractivity contribution is 5.97. The molecule has 146 valence electrons. The second kappa shape index (κ2) is 9.25. The number of piperazine rings is 1. The lowest BCUT2D eigenvalue weighted by Crippen LogP contribution is -2.46. The van der Waals surface area contributed by atoms with Gasteiger partial charge in [0.05, 0.1) is 23.0 Å². The standard InChI is InChI=1S/C22H26N4O2/c1-3-25-12-14-26(15-13-25)21-7-5-4-6-20(21)24-22(27)17(2)28-19-10-8-18(16-23)9-11-19/h4-11,17H,3,12-15H2,1-2H3,(H,24,27)/t17-/m1/s1. The first-order chi connectivity index (χ1) is 13.6. The minimum absolute atomic E-state index is 0.205. The summed E-state index contributed by atoms with van der Waals surface area (Å²) in [5.41, 5.74) is 2.39. The number of amides is 1. The number of likely N-dealkylation sites (N-methyl/N-ethyl adjacent to an activating group) is 1. The Morgan fingerprint density at radius 3 is 2.46 bits per heavy atom. The molecule has 0 aromatic heterocycles. The summed E-state index contributed by atoms with van der Waals surface area (Å²) in [4.78, 5) is 17.4. The first kappa shape index (κ1) is 19.7. The average molecular weight is 378 g/mol. The summed E-state index contributed by atoms with van der Waals surface area (Å²) < 4.78 is 5.72. The predicted octanol–water partition coefficient (Wildman–Crippen LogP) is 3.11. The van der Waals surface area contributed by atoms with Gasteiger partial charge in [-0.1, -0.05) is 19.1 Å². The van der Waals surface area contributed by atoms with E-state index in [0.29, 0.717) is 11.3 Å². The van der Waals surface area contributed by atoms with Crippen molar-refractivity contribution in [3.63, 3.8) is 0 Å². The predicted molar refractivity (Wildman–Crippen MR) is 111 cm³/mol. The van der Waals surface area contributed by atoms with Crippen LogP contribution in [-0.4, -0.2) is 49.6 Å². The second-order valence-corrected chi connectivity index (χ2v) is 6.82. The number of ether oxygens (including phenoxy) is 1. The number of rotatable bonds is 6. The van der Waals surface area contributed by atoms with Gasteiger partial charge in [-0.25, -0.2) is 0 Å². The largest absolute Gasteiger partial charge is 0.481 e. The van der Waals surface area contributed by atoms with E-state index in [1.807, 2.05) is 24.3 Å². The lowest BCUT2D eigenvalue weighted by molar-refractivity contribution is -0.122. The molecule has 1 N–H and O–H groups in total. The number of nitrogens with zero attached hydrogens (tertiary/aromatic N) is 3. The number of carbonyl (C=O) groups excluding carboxylic acids is 1. The molecule has 1 saturated heterocycles. The van der Waals surface area contributed by atoms with Crippen molar-refractivity contribution in [2.24, 2.45) is 0 Å². The lowest BCUT2D eigenvalue weighted by atomic mass is 10.2. The third-order valence-corrected chi connectivity index (χ3v) is 4.99. The number of nitriles is 1. The molecule has 2 aromatic rings. The van der Waals surface area contributed by atoms with E-state index in [1.54, 1.807) is 31.2 Å². The van der Waals surface area contributed by atoms with Crippen molar-refractivity contribution in [2.75, 3.05) is 42.9 Å². The summed E-state index contributed by atoms with van der Waals surface area (Å²) in [5.74, 6) is 0.356. The Morgan fingerprint density at radius 2 is 1.82 bits per heavy atom. The number of carbonyl (C=O) groups is 1. The molecule has 0 radical (unpaired) electrons. The van der Waals surface area contributed by atoms with Crippen molar-refractivity contribution >= 4 is 17.3 Å². The minimum atomic E-state index is -0.655. The van der Waals surface area contributed by atoms with Crippen LogP contribution in [0.5, 0.6) is 5.75 Å². The van der Waals surface area contributed by atoms with Gasteiger partial charge in [0.25, 0.3) is 5.91 Å². The number of anilines is 2. The number of para-hydroxylation sites is 2. The number of hydrogen-bond donors (Lipinski definition) is 1. The third kappa shape index (κ3) is 4.81.